The number of rotatable bonds is 0. The molecule has 0 bridgehead atoms. The first-order valence-electron chi connectivity index (χ1n) is 0. The summed E-state index contributed by atoms with van der Waals surface area (Å²) >= 11 is 0. The third kappa shape index (κ3) is 19400. The molecule has 0 aliphatic carbocycles. The van der Waals surface area contributed by atoms with Crippen molar-refractivity contribution in [1.82, 2.24) is 0 Å². The molecule has 0 aromatic carbocycles. The summed E-state index contributed by atoms with van der Waals surface area (Å²) in [5.74, 6) is 0. The summed E-state index contributed by atoms with van der Waals surface area (Å²) in [6, 6.07) is 0. The fourth-order valence-electron chi connectivity index (χ4n) is 0. The maximum atomic E-state index is 0. The van der Waals surface area contributed by atoms with Crippen LogP contribution in [0.25, 0.3) is 0 Å². The molecule has 0 aromatic rings. The van der Waals surface area contributed by atoms with Crippen LogP contribution < -0.4 is 0 Å². The van der Waals surface area contributed by atoms with Crippen molar-refractivity contribution in [3.05, 3.63) is 0 Å². The molecule has 0 rings (SSSR count). The molecular formula is H130Ca5O60. The molecule has 500 valence electrons. The van der Waals surface area contributed by atoms with Crippen molar-refractivity contribution in [2.75, 3.05) is 0 Å². The zero-order chi connectivity index (χ0) is 0. The average Bonchev–Trinajstić information content (AvgIpc) is 0. The van der Waals surface area contributed by atoms with Gasteiger partial charge in [-0.1, -0.05) is 0 Å². The molecule has 65 heteroatoms. The molecule has 65 heavy (non-hydrogen) atoms. The second kappa shape index (κ2) is 20000. The van der Waals surface area contributed by atoms with Gasteiger partial charge in [0.2, 0.25) is 0 Å². The quantitative estimate of drug-likeness (QED) is 0.204. The van der Waals surface area contributed by atoms with Crippen LogP contribution in [0.2, 0.25) is 0 Å². The molecule has 0 unspecified atom stereocenters. The Morgan fingerprint density at radius 1 is 0.0308 bits per heavy atom. The molecule has 0 atom stereocenters. The summed E-state index contributed by atoms with van der Waals surface area (Å²) in [7, 11) is 0. The minimum atomic E-state index is 0. The van der Waals surface area contributed by atoms with Crippen molar-refractivity contribution in [2.24, 2.45) is 0 Å². The Balaban J connectivity index is 0. The number of hydrogen-bond acceptors (Lipinski definition) is 0. The summed E-state index contributed by atoms with van der Waals surface area (Å²) in [4.78, 5) is 0. The Morgan fingerprint density at radius 3 is 0.0308 bits per heavy atom. The van der Waals surface area contributed by atoms with Crippen molar-refractivity contribution >= 4 is 189 Å². The predicted molar refractivity (Wildman–Crippen MR) is 260 cm³/mol. The van der Waals surface area contributed by atoms with Crippen molar-refractivity contribution < 1.29 is 329 Å². The van der Waals surface area contributed by atoms with E-state index in [9.17, 15) is 0 Å². The van der Waals surface area contributed by atoms with E-state index in [2.05, 4.69) is 0 Å². The molecule has 0 aliphatic heterocycles. The van der Waals surface area contributed by atoms with Crippen molar-refractivity contribution in [3.63, 3.8) is 0 Å². The fraction of sp³-hybridized carbons (Fsp3) is 0. The normalized spacial score (nSPS) is 0. The first-order chi connectivity index (χ1) is 0. The van der Waals surface area contributed by atoms with Gasteiger partial charge in [-0.3, -0.25) is 0 Å². The van der Waals surface area contributed by atoms with Gasteiger partial charge in [-0.2, -0.15) is 0 Å². The molecule has 0 amide bonds. The van der Waals surface area contributed by atoms with E-state index in [-0.39, 0.29) is 517 Å². The van der Waals surface area contributed by atoms with E-state index in [0.717, 1.165) is 0 Å². The van der Waals surface area contributed by atoms with Crippen molar-refractivity contribution in [3.8, 4) is 0 Å². The average molecular weight is 1290 g/mol. The van der Waals surface area contributed by atoms with Gasteiger partial charge in [0, 0.05) is 0 Å². The van der Waals surface area contributed by atoms with Crippen LogP contribution in [-0.4, -0.2) is 517 Å². The molecule has 0 saturated carbocycles. The molecule has 60 nitrogen and oxygen atoms in total. The minimum absolute atomic E-state index is 0. The van der Waals surface area contributed by atoms with Gasteiger partial charge in [-0.25, -0.2) is 0 Å². The molecular weight excluding hydrogens is 1160 g/mol. The topological polar surface area (TPSA) is 1890 Å². The number of hydrogen-bond donors (Lipinski definition) is 0. The monoisotopic (exact) mass is 1290 g/mol. The Bertz CT molecular complexity index is 25.4. The van der Waals surface area contributed by atoms with E-state index in [1.807, 2.05) is 0 Å². The van der Waals surface area contributed by atoms with Gasteiger partial charge in [0.1, 0.15) is 0 Å². The van der Waals surface area contributed by atoms with Gasteiger partial charge in [-0.15, -0.1) is 0 Å². The zero-order valence-corrected chi connectivity index (χ0v) is 30.0. The summed E-state index contributed by atoms with van der Waals surface area (Å²) < 4.78 is 0. The predicted octanol–water partition coefficient (Wildman–Crippen LogP) is -54.1. The molecule has 0 spiro atoms. The molecule has 0 fully saturated rings. The van der Waals surface area contributed by atoms with E-state index < -0.39 is 0 Å². The van der Waals surface area contributed by atoms with Crippen LogP contribution in [0.4, 0.5) is 0 Å². The van der Waals surface area contributed by atoms with Gasteiger partial charge < -0.3 is 329 Å². The van der Waals surface area contributed by atoms with Crippen LogP contribution in [-0.2, 0) is 0 Å². The van der Waals surface area contributed by atoms with Crippen LogP contribution in [0.5, 0.6) is 0 Å². The van der Waals surface area contributed by atoms with Crippen LogP contribution in [0, 0.1) is 0 Å². The summed E-state index contributed by atoms with van der Waals surface area (Å²) in [6.45, 7) is 0. The fourth-order valence-corrected chi connectivity index (χ4v) is 0. The van der Waals surface area contributed by atoms with Gasteiger partial charge in [0.25, 0.3) is 0 Å². The van der Waals surface area contributed by atoms with Gasteiger partial charge >= 0.3 is 189 Å². The molecule has 0 radical (unpaired) electrons. The van der Waals surface area contributed by atoms with Crippen molar-refractivity contribution in [1.29, 1.82) is 0 Å². The Hall–Kier alpha value is 3.90. The van der Waals surface area contributed by atoms with Gasteiger partial charge in [0.05, 0.1) is 0 Å². The summed E-state index contributed by atoms with van der Waals surface area (Å²) in [5.41, 5.74) is 0. The summed E-state index contributed by atoms with van der Waals surface area (Å²) in [5, 5.41) is 0. The molecule has 0 heterocycles. The second-order valence-corrected chi connectivity index (χ2v) is 0. The Kier molecular flexibility index (Phi) is 6430000. The van der Waals surface area contributed by atoms with Gasteiger partial charge in [-0.05, 0) is 0 Å². The third-order valence-corrected chi connectivity index (χ3v) is 0. The zero-order valence-electron chi connectivity index (χ0n) is 30.0. The Labute approximate surface area is 511 Å². The van der Waals surface area contributed by atoms with Crippen molar-refractivity contribution in [2.45, 2.75) is 0 Å². The van der Waals surface area contributed by atoms with E-state index in [4.69, 9.17) is 0 Å². The SMILES string of the molecule is O.O.O.O.O.O.O.O.O.O.O.O.O.O.O.O.O.O.O.O.O.O.O.O.O.O.O.O.O.O.O.O.O.O.O.O.O.O.O.O.O.O.O.O.O.O.O.O.O.O.O.O.O.O.O.O.O.O.O.O.[CaH2].[CaH2].[CaH2].[CaH2].[CaH2]. The van der Waals surface area contributed by atoms with E-state index in [1.165, 1.54) is 0 Å². The third-order valence-electron chi connectivity index (χ3n) is 0. The maximum absolute atomic E-state index is 0. The molecule has 0 aliphatic rings. The second-order valence-electron chi connectivity index (χ2n) is 0. The van der Waals surface area contributed by atoms with E-state index in [1.54, 1.807) is 0 Å². The molecule has 0 saturated heterocycles. The van der Waals surface area contributed by atoms with Crippen LogP contribution in [0.3, 0.4) is 0 Å². The van der Waals surface area contributed by atoms with Gasteiger partial charge in [0.15, 0.2) is 0 Å². The first kappa shape index (κ1) is 20900. The Morgan fingerprint density at radius 2 is 0.0308 bits per heavy atom. The van der Waals surface area contributed by atoms with Crippen LogP contribution in [0.15, 0.2) is 0 Å². The van der Waals surface area contributed by atoms with E-state index >= 15 is 0 Å². The van der Waals surface area contributed by atoms with E-state index in [0.29, 0.717) is 0 Å². The first-order valence-corrected chi connectivity index (χ1v) is 0. The van der Waals surface area contributed by atoms with Crippen LogP contribution >= 0.6 is 0 Å². The molecule has 0 aromatic heterocycles. The standard InChI is InChI=1S/5Ca.60H2O.10H/h;;;;;60*1H2;;;;;;;;;;. The van der Waals surface area contributed by atoms with Crippen LogP contribution in [0.1, 0.15) is 0 Å². The molecule has 120 N–H and O–H groups in total. The summed E-state index contributed by atoms with van der Waals surface area (Å²) in [6.07, 6.45) is 0.